The number of nitrogens with zero attached hydrogens (tertiary/aromatic N) is 6. The van der Waals surface area contributed by atoms with Crippen LogP contribution in [0, 0.1) is 0 Å². The molecule has 5 rings (SSSR count). The largest absolute Gasteiger partial charge is 0.378 e. The molecule has 0 atom stereocenters. The molecule has 1 aromatic heterocycles. The number of ether oxygens (including phenoxy) is 2. The van der Waals surface area contributed by atoms with Gasteiger partial charge in [0.15, 0.2) is 0 Å². The monoisotopic (exact) mass is 410 g/mol. The zero-order valence-corrected chi connectivity index (χ0v) is 17.4. The SMILES string of the molecule is c1ccc(N2CCN(c3cc(N4CCOCC4)nc(N4CCOCC4)n3)CC2)cc1. The predicted molar refractivity (Wildman–Crippen MR) is 119 cm³/mol. The number of aromatic nitrogens is 2. The summed E-state index contributed by atoms with van der Waals surface area (Å²) < 4.78 is 11.1. The van der Waals surface area contributed by atoms with Crippen LogP contribution in [0.3, 0.4) is 0 Å². The number of anilines is 4. The minimum absolute atomic E-state index is 0.732. The third kappa shape index (κ3) is 4.29. The molecule has 0 radical (unpaired) electrons. The van der Waals surface area contributed by atoms with E-state index in [4.69, 9.17) is 19.4 Å². The Morgan fingerprint density at radius 3 is 1.67 bits per heavy atom. The van der Waals surface area contributed by atoms with Gasteiger partial charge in [-0.2, -0.15) is 9.97 Å². The van der Waals surface area contributed by atoms with Crippen molar-refractivity contribution in [2.24, 2.45) is 0 Å². The lowest BCUT2D eigenvalue weighted by Crippen LogP contribution is -2.47. The van der Waals surface area contributed by atoms with Crippen LogP contribution in [0.2, 0.25) is 0 Å². The van der Waals surface area contributed by atoms with E-state index in [9.17, 15) is 0 Å². The molecule has 3 aliphatic heterocycles. The second-order valence-electron chi connectivity index (χ2n) is 7.89. The minimum atomic E-state index is 0.732. The van der Waals surface area contributed by atoms with Crippen molar-refractivity contribution in [2.45, 2.75) is 0 Å². The molecule has 8 nitrogen and oxygen atoms in total. The molecular weight excluding hydrogens is 380 g/mol. The predicted octanol–water partition coefficient (Wildman–Crippen LogP) is 1.48. The van der Waals surface area contributed by atoms with Crippen molar-refractivity contribution in [3.8, 4) is 0 Å². The van der Waals surface area contributed by atoms with Gasteiger partial charge in [0.2, 0.25) is 5.95 Å². The van der Waals surface area contributed by atoms with Gasteiger partial charge in [-0.15, -0.1) is 0 Å². The maximum absolute atomic E-state index is 5.54. The standard InChI is InChI=1S/C22H30N6O2/c1-2-4-19(5-3-1)25-6-8-26(9-7-25)20-18-21(27-10-14-29-15-11-27)24-22(23-20)28-12-16-30-17-13-28/h1-5,18H,6-17H2. The third-order valence-electron chi connectivity index (χ3n) is 6.04. The highest BCUT2D eigenvalue weighted by Gasteiger charge is 2.23. The van der Waals surface area contributed by atoms with Gasteiger partial charge in [-0.1, -0.05) is 18.2 Å². The van der Waals surface area contributed by atoms with Crippen molar-refractivity contribution in [2.75, 3.05) is 98.4 Å². The first kappa shape index (κ1) is 19.4. The molecule has 160 valence electrons. The summed E-state index contributed by atoms with van der Waals surface area (Å²) in [6.45, 7) is 10.3. The van der Waals surface area contributed by atoms with Crippen LogP contribution in [0.4, 0.5) is 23.3 Å². The Hall–Kier alpha value is -2.58. The van der Waals surface area contributed by atoms with Crippen molar-refractivity contribution in [3.63, 3.8) is 0 Å². The fourth-order valence-electron chi connectivity index (χ4n) is 4.26. The van der Waals surface area contributed by atoms with Crippen LogP contribution in [-0.4, -0.2) is 88.8 Å². The maximum Gasteiger partial charge on any atom is 0.229 e. The summed E-state index contributed by atoms with van der Waals surface area (Å²) in [5.74, 6) is 2.86. The summed E-state index contributed by atoms with van der Waals surface area (Å²) in [6, 6.07) is 12.8. The Balaban J connectivity index is 1.36. The normalized spacial score (nSPS) is 20.5. The fourth-order valence-corrected chi connectivity index (χ4v) is 4.26. The van der Waals surface area contributed by atoms with E-state index < -0.39 is 0 Å². The smallest absolute Gasteiger partial charge is 0.229 e. The molecule has 2 aromatic rings. The molecule has 0 unspecified atom stereocenters. The van der Waals surface area contributed by atoms with Gasteiger partial charge in [0.25, 0.3) is 0 Å². The first-order valence-corrected chi connectivity index (χ1v) is 11.0. The van der Waals surface area contributed by atoms with Gasteiger partial charge in [-0.05, 0) is 12.1 Å². The number of morpholine rings is 2. The second-order valence-corrected chi connectivity index (χ2v) is 7.89. The number of hydrogen-bond acceptors (Lipinski definition) is 8. The van der Waals surface area contributed by atoms with E-state index in [1.807, 2.05) is 0 Å². The van der Waals surface area contributed by atoms with Gasteiger partial charge < -0.3 is 29.1 Å². The summed E-state index contributed by atoms with van der Waals surface area (Å²) in [4.78, 5) is 19.3. The average molecular weight is 411 g/mol. The Kier molecular flexibility index (Phi) is 5.85. The van der Waals surface area contributed by atoms with Crippen LogP contribution in [-0.2, 0) is 9.47 Å². The average Bonchev–Trinajstić information content (AvgIpc) is 2.85. The van der Waals surface area contributed by atoms with Crippen molar-refractivity contribution in [3.05, 3.63) is 36.4 Å². The Morgan fingerprint density at radius 2 is 1.07 bits per heavy atom. The molecule has 1 aromatic carbocycles. The van der Waals surface area contributed by atoms with Gasteiger partial charge in [0, 0.05) is 64.1 Å². The lowest BCUT2D eigenvalue weighted by atomic mass is 10.2. The van der Waals surface area contributed by atoms with Crippen LogP contribution in [0.25, 0.3) is 0 Å². The summed E-state index contributed by atoms with van der Waals surface area (Å²) >= 11 is 0. The summed E-state index contributed by atoms with van der Waals surface area (Å²) in [6.07, 6.45) is 0. The zero-order valence-electron chi connectivity index (χ0n) is 17.4. The van der Waals surface area contributed by atoms with Crippen molar-refractivity contribution in [1.82, 2.24) is 9.97 Å². The van der Waals surface area contributed by atoms with E-state index in [2.05, 4.69) is 56.0 Å². The van der Waals surface area contributed by atoms with Crippen LogP contribution in [0.5, 0.6) is 0 Å². The molecule has 8 heteroatoms. The van der Waals surface area contributed by atoms with Crippen LogP contribution in [0.1, 0.15) is 0 Å². The minimum Gasteiger partial charge on any atom is -0.378 e. The van der Waals surface area contributed by atoms with E-state index in [0.717, 1.165) is 96.4 Å². The number of benzene rings is 1. The second kappa shape index (κ2) is 9.06. The highest BCUT2D eigenvalue weighted by atomic mass is 16.5. The zero-order chi connectivity index (χ0) is 20.2. The first-order valence-electron chi connectivity index (χ1n) is 11.0. The maximum atomic E-state index is 5.54. The van der Waals surface area contributed by atoms with Gasteiger partial charge in [-0.25, -0.2) is 0 Å². The summed E-state index contributed by atoms with van der Waals surface area (Å²) in [5.41, 5.74) is 1.29. The summed E-state index contributed by atoms with van der Waals surface area (Å²) in [5, 5.41) is 0. The third-order valence-corrected chi connectivity index (χ3v) is 6.04. The molecule has 0 aliphatic carbocycles. The highest BCUT2D eigenvalue weighted by Crippen LogP contribution is 2.26. The van der Waals surface area contributed by atoms with Gasteiger partial charge in [0.05, 0.1) is 26.4 Å². The van der Waals surface area contributed by atoms with Gasteiger partial charge >= 0.3 is 0 Å². The number of piperazine rings is 1. The molecular formula is C22H30N6O2. The first-order chi connectivity index (χ1) is 14.9. The van der Waals surface area contributed by atoms with Gasteiger partial charge in [-0.3, -0.25) is 0 Å². The van der Waals surface area contributed by atoms with E-state index in [-0.39, 0.29) is 0 Å². The van der Waals surface area contributed by atoms with Crippen molar-refractivity contribution >= 4 is 23.3 Å². The Labute approximate surface area is 178 Å². The molecule has 4 heterocycles. The Morgan fingerprint density at radius 1 is 0.567 bits per heavy atom. The van der Waals surface area contributed by atoms with E-state index in [0.29, 0.717) is 0 Å². The molecule has 0 saturated carbocycles. The quantitative estimate of drug-likeness (QED) is 0.751. The van der Waals surface area contributed by atoms with Crippen LogP contribution < -0.4 is 19.6 Å². The van der Waals surface area contributed by atoms with E-state index in [1.54, 1.807) is 0 Å². The van der Waals surface area contributed by atoms with Crippen LogP contribution >= 0.6 is 0 Å². The number of rotatable bonds is 4. The lowest BCUT2D eigenvalue weighted by molar-refractivity contribution is 0.121. The van der Waals surface area contributed by atoms with E-state index in [1.165, 1.54) is 5.69 Å². The van der Waals surface area contributed by atoms with Gasteiger partial charge in [0.1, 0.15) is 11.6 Å². The van der Waals surface area contributed by atoms with Crippen LogP contribution in [0.15, 0.2) is 36.4 Å². The fraction of sp³-hybridized carbons (Fsp3) is 0.545. The number of para-hydroxylation sites is 1. The molecule has 0 spiro atoms. The lowest BCUT2D eigenvalue weighted by Gasteiger charge is -2.38. The Bertz CT molecular complexity index is 779. The van der Waals surface area contributed by atoms with E-state index >= 15 is 0 Å². The molecule has 3 fully saturated rings. The van der Waals surface area contributed by atoms with Crippen molar-refractivity contribution < 1.29 is 9.47 Å². The highest BCUT2D eigenvalue weighted by molar-refractivity contribution is 5.57. The summed E-state index contributed by atoms with van der Waals surface area (Å²) in [7, 11) is 0. The molecule has 0 amide bonds. The molecule has 3 aliphatic rings. The molecule has 3 saturated heterocycles. The van der Waals surface area contributed by atoms with Crippen molar-refractivity contribution in [1.29, 1.82) is 0 Å². The molecule has 0 bridgehead atoms. The molecule has 30 heavy (non-hydrogen) atoms. The topological polar surface area (TPSA) is 57.2 Å². The number of hydrogen-bond donors (Lipinski definition) is 0. The molecule has 0 N–H and O–H groups in total.